The average Bonchev–Trinajstić information content (AvgIpc) is 3.16. The number of hydrogen-bond acceptors (Lipinski definition) is 5. The Labute approximate surface area is 134 Å². The molecule has 1 saturated carbocycles. The number of fused-ring (bicyclic) bond motifs is 1. The van der Waals surface area contributed by atoms with Gasteiger partial charge in [-0.2, -0.15) is 5.10 Å². The van der Waals surface area contributed by atoms with Crippen molar-refractivity contribution in [2.75, 3.05) is 13.2 Å². The standard InChI is InChI=1S/C16H22N4OS/c1-12-16(22-11-17-12)9-19-6-14-4-5-18-20(14)8-15(7-19)21-10-13-2-3-13/h4-5,11,13,15H,2-3,6-10H2,1H3/t15-/m1/s1. The van der Waals surface area contributed by atoms with Crippen LogP contribution in [0.1, 0.15) is 29.1 Å². The topological polar surface area (TPSA) is 43.2 Å². The van der Waals surface area contributed by atoms with E-state index in [9.17, 15) is 0 Å². The number of aryl methyl sites for hydroxylation is 1. The molecule has 4 rings (SSSR count). The second-order valence-corrected chi connectivity index (χ2v) is 7.37. The molecule has 2 aromatic rings. The van der Waals surface area contributed by atoms with E-state index < -0.39 is 0 Å². The molecule has 0 unspecified atom stereocenters. The lowest BCUT2D eigenvalue weighted by Crippen LogP contribution is -2.33. The minimum atomic E-state index is 0.231. The minimum Gasteiger partial charge on any atom is -0.375 e. The van der Waals surface area contributed by atoms with Gasteiger partial charge in [-0.25, -0.2) is 4.98 Å². The van der Waals surface area contributed by atoms with Crippen molar-refractivity contribution in [3.05, 3.63) is 34.0 Å². The Morgan fingerprint density at radius 3 is 3.05 bits per heavy atom. The summed E-state index contributed by atoms with van der Waals surface area (Å²) >= 11 is 1.75. The second kappa shape index (κ2) is 6.10. The molecule has 5 nitrogen and oxygen atoms in total. The molecule has 22 heavy (non-hydrogen) atoms. The molecule has 0 radical (unpaired) electrons. The summed E-state index contributed by atoms with van der Waals surface area (Å²) in [6.07, 6.45) is 4.80. The van der Waals surface area contributed by atoms with Gasteiger partial charge in [0.15, 0.2) is 0 Å². The number of ether oxygens (including phenoxy) is 1. The Balaban J connectivity index is 1.48. The molecule has 3 heterocycles. The van der Waals surface area contributed by atoms with Crippen molar-refractivity contribution in [1.82, 2.24) is 19.7 Å². The quantitative estimate of drug-likeness (QED) is 0.849. The first-order valence-electron chi connectivity index (χ1n) is 8.01. The van der Waals surface area contributed by atoms with E-state index in [1.807, 2.05) is 11.7 Å². The van der Waals surface area contributed by atoms with Crippen LogP contribution in [-0.2, 0) is 24.4 Å². The van der Waals surface area contributed by atoms with E-state index in [1.54, 1.807) is 11.3 Å². The maximum absolute atomic E-state index is 6.18. The molecular formula is C16H22N4OS. The number of aromatic nitrogens is 3. The first-order chi connectivity index (χ1) is 10.8. The first-order valence-corrected chi connectivity index (χ1v) is 8.89. The van der Waals surface area contributed by atoms with Crippen LogP contribution in [0.4, 0.5) is 0 Å². The summed E-state index contributed by atoms with van der Waals surface area (Å²) in [5.74, 6) is 0.803. The zero-order chi connectivity index (χ0) is 14.9. The highest BCUT2D eigenvalue weighted by Crippen LogP contribution is 2.29. The number of thiazole rings is 1. The summed E-state index contributed by atoms with van der Waals surface area (Å²) < 4.78 is 8.29. The van der Waals surface area contributed by atoms with Gasteiger partial charge in [-0.1, -0.05) is 0 Å². The summed E-state index contributed by atoms with van der Waals surface area (Å²) in [5, 5.41) is 4.46. The summed E-state index contributed by atoms with van der Waals surface area (Å²) in [4.78, 5) is 8.20. The molecule has 0 amide bonds. The predicted molar refractivity (Wildman–Crippen MR) is 85.7 cm³/mol. The monoisotopic (exact) mass is 318 g/mol. The fourth-order valence-electron chi connectivity index (χ4n) is 2.95. The lowest BCUT2D eigenvalue weighted by atomic mass is 10.3. The van der Waals surface area contributed by atoms with Crippen molar-refractivity contribution in [2.24, 2.45) is 5.92 Å². The molecule has 0 saturated heterocycles. The highest BCUT2D eigenvalue weighted by atomic mass is 32.1. The molecule has 6 heteroatoms. The maximum atomic E-state index is 6.18. The van der Waals surface area contributed by atoms with Crippen LogP contribution in [0.25, 0.3) is 0 Å². The van der Waals surface area contributed by atoms with E-state index >= 15 is 0 Å². The van der Waals surface area contributed by atoms with Crippen molar-refractivity contribution in [2.45, 2.75) is 45.5 Å². The van der Waals surface area contributed by atoms with Crippen LogP contribution in [0.5, 0.6) is 0 Å². The zero-order valence-corrected chi connectivity index (χ0v) is 13.8. The summed E-state index contributed by atoms with van der Waals surface area (Å²) in [5.41, 5.74) is 4.37. The largest absolute Gasteiger partial charge is 0.375 e. The van der Waals surface area contributed by atoms with E-state index in [4.69, 9.17) is 4.74 Å². The van der Waals surface area contributed by atoms with Gasteiger partial charge in [-0.05, 0) is 31.7 Å². The number of hydrogen-bond donors (Lipinski definition) is 0. The van der Waals surface area contributed by atoms with Crippen LogP contribution < -0.4 is 0 Å². The molecule has 2 aliphatic rings. The molecule has 118 valence electrons. The van der Waals surface area contributed by atoms with Crippen LogP contribution in [0, 0.1) is 12.8 Å². The van der Waals surface area contributed by atoms with Gasteiger partial charge in [0.1, 0.15) is 0 Å². The van der Waals surface area contributed by atoms with E-state index in [-0.39, 0.29) is 6.10 Å². The van der Waals surface area contributed by atoms with Crippen molar-refractivity contribution in [3.8, 4) is 0 Å². The van der Waals surface area contributed by atoms with Crippen LogP contribution in [-0.4, -0.2) is 38.9 Å². The fraction of sp³-hybridized carbons (Fsp3) is 0.625. The van der Waals surface area contributed by atoms with E-state index in [0.29, 0.717) is 0 Å². The van der Waals surface area contributed by atoms with Crippen LogP contribution >= 0.6 is 11.3 Å². The normalized spacial score (nSPS) is 22.5. The van der Waals surface area contributed by atoms with Gasteiger partial charge >= 0.3 is 0 Å². The third-order valence-corrected chi connectivity index (χ3v) is 5.42. The minimum absolute atomic E-state index is 0.231. The Kier molecular flexibility index (Phi) is 3.98. The lowest BCUT2D eigenvalue weighted by molar-refractivity contribution is 0.0124. The fourth-order valence-corrected chi connectivity index (χ4v) is 3.77. The van der Waals surface area contributed by atoms with Crippen molar-refractivity contribution in [3.63, 3.8) is 0 Å². The zero-order valence-electron chi connectivity index (χ0n) is 12.9. The molecule has 1 fully saturated rings. The van der Waals surface area contributed by atoms with Gasteiger partial charge in [-0.15, -0.1) is 11.3 Å². The van der Waals surface area contributed by atoms with Crippen LogP contribution in [0.15, 0.2) is 17.8 Å². The first kappa shape index (κ1) is 14.4. The van der Waals surface area contributed by atoms with Gasteiger partial charge in [0.2, 0.25) is 0 Å². The summed E-state index contributed by atoms with van der Waals surface area (Å²) in [6.45, 7) is 6.72. The maximum Gasteiger partial charge on any atom is 0.0897 e. The number of nitrogens with zero attached hydrogens (tertiary/aromatic N) is 4. The average molecular weight is 318 g/mol. The highest BCUT2D eigenvalue weighted by molar-refractivity contribution is 7.09. The van der Waals surface area contributed by atoms with Gasteiger partial charge < -0.3 is 4.74 Å². The summed E-state index contributed by atoms with van der Waals surface area (Å²) in [7, 11) is 0. The smallest absolute Gasteiger partial charge is 0.0897 e. The van der Waals surface area contributed by atoms with Gasteiger partial charge in [-0.3, -0.25) is 9.58 Å². The molecule has 1 aliphatic heterocycles. The van der Waals surface area contributed by atoms with Crippen molar-refractivity contribution in [1.29, 1.82) is 0 Å². The predicted octanol–water partition coefficient (Wildman–Crippen LogP) is 2.46. The Morgan fingerprint density at radius 2 is 2.27 bits per heavy atom. The molecule has 0 bridgehead atoms. The highest BCUT2D eigenvalue weighted by Gasteiger charge is 2.27. The van der Waals surface area contributed by atoms with E-state index in [1.165, 1.54) is 23.4 Å². The molecular weight excluding hydrogens is 296 g/mol. The van der Waals surface area contributed by atoms with Crippen LogP contribution in [0.2, 0.25) is 0 Å². The van der Waals surface area contributed by atoms with Gasteiger partial charge in [0, 0.05) is 37.3 Å². The molecule has 0 aromatic carbocycles. The molecule has 1 aliphatic carbocycles. The third-order valence-electron chi connectivity index (χ3n) is 4.51. The van der Waals surface area contributed by atoms with E-state index in [2.05, 4.69) is 32.7 Å². The second-order valence-electron chi connectivity index (χ2n) is 6.43. The Bertz CT molecular complexity index is 634. The summed E-state index contributed by atoms with van der Waals surface area (Å²) in [6, 6.07) is 2.12. The molecule has 0 N–H and O–H groups in total. The SMILES string of the molecule is Cc1ncsc1CN1Cc2ccnn2C[C@H](OCC2CC2)C1. The molecule has 0 spiro atoms. The van der Waals surface area contributed by atoms with Gasteiger partial charge in [0.05, 0.1) is 29.5 Å². The Hall–Kier alpha value is -1.24. The Morgan fingerprint density at radius 1 is 1.36 bits per heavy atom. The van der Waals surface area contributed by atoms with Crippen molar-refractivity contribution >= 4 is 11.3 Å². The number of rotatable bonds is 5. The van der Waals surface area contributed by atoms with Crippen molar-refractivity contribution < 1.29 is 4.74 Å². The molecule has 2 aromatic heterocycles. The van der Waals surface area contributed by atoms with Gasteiger partial charge in [0.25, 0.3) is 0 Å². The van der Waals surface area contributed by atoms with E-state index in [0.717, 1.165) is 44.4 Å². The molecule has 1 atom stereocenters. The lowest BCUT2D eigenvalue weighted by Gasteiger charge is -2.23. The van der Waals surface area contributed by atoms with Crippen LogP contribution in [0.3, 0.4) is 0 Å². The third kappa shape index (κ3) is 3.24.